The van der Waals surface area contributed by atoms with Crippen LogP contribution in [-0.4, -0.2) is 26.0 Å². The summed E-state index contributed by atoms with van der Waals surface area (Å²) in [6, 6.07) is 12.5. The number of benzene rings is 2. The second-order valence-corrected chi connectivity index (χ2v) is 6.78. The molecule has 2 rings (SSSR count). The number of hydrogen-bond acceptors (Lipinski definition) is 4. The molecule has 0 unspecified atom stereocenters. The standard InChI is InChI=1S/C9H11FN2O3S.C7H7NO/c1-2-16(14,15)12-7-5-3-4-6(8(7)10)9(11)13;8-7(9)6-4-2-1-3-5-6/h3-5,12H,2H2,1H3,(H2,11,13);1-5H,(H2,8,9). The predicted octanol–water partition coefficient (Wildman–Crippen LogP) is 1.47. The summed E-state index contributed by atoms with van der Waals surface area (Å²) in [5.74, 6) is -2.48. The lowest BCUT2D eigenvalue weighted by molar-refractivity contribution is 0.0989. The Balaban J connectivity index is 0.000000293. The number of rotatable bonds is 5. The van der Waals surface area contributed by atoms with E-state index >= 15 is 0 Å². The third-order valence-electron chi connectivity index (χ3n) is 2.97. The van der Waals surface area contributed by atoms with Gasteiger partial charge in [0, 0.05) is 5.56 Å². The van der Waals surface area contributed by atoms with Gasteiger partial charge in [-0.15, -0.1) is 0 Å². The zero-order valence-electron chi connectivity index (χ0n) is 13.4. The second-order valence-electron chi connectivity index (χ2n) is 4.77. The summed E-state index contributed by atoms with van der Waals surface area (Å²) >= 11 is 0. The number of amides is 2. The fourth-order valence-corrected chi connectivity index (χ4v) is 2.28. The molecule has 0 saturated carbocycles. The number of carbonyl (C=O) groups is 2. The lowest BCUT2D eigenvalue weighted by atomic mass is 10.2. The average Bonchev–Trinajstić information content (AvgIpc) is 2.57. The van der Waals surface area contributed by atoms with Crippen molar-refractivity contribution in [2.45, 2.75) is 6.92 Å². The number of halogens is 1. The molecule has 7 nitrogen and oxygen atoms in total. The molecule has 0 radical (unpaired) electrons. The van der Waals surface area contributed by atoms with Crippen molar-refractivity contribution in [3.05, 3.63) is 65.5 Å². The first kappa shape index (κ1) is 20.1. The van der Waals surface area contributed by atoms with E-state index in [1.165, 1.54) is 25.1 Å². The number of hydrogen-bond donors (Lipinski definition) is 3. The van der Waals surface area contributed by atoms with Gasteiger partial charge >= 0.3 is 0 Å². The van der Waals surface area contributed by atoms with E-state index in [2.05, 4.69) is 0 Å². The minimum absolute atomic E-state index is 0.187. The molecule has 0 aromatic heterocycles. The molecule has 2 amide bonds. The van der Waals surface area contributed by atoms with Crippen LogP contribution < -0.4 is 16.2 Å². The van der Waals surface area contributed by atoms with Gasteiger partial charge in [-0.25, -0.2) is 12.8 Å². The van der Waals surface area contributed by atoms with Crippen molar-refractivity contribution >= 4 is 27.5 Å². The Hall–Kier alpha value is -2.94. The fraction of sp³-hybridized carbons (Fsp3) is 0.125. The molecule has 9 heteroatoms. The minimum atomic E-state index is -3.58. The summed E-state index contributed by atoms with van der Waals surface area (Å²) < 4.78 is 38.0. The first-order valence-corrected chi connectivity index (χ1v) is 8.76. The topological polar surface area (TPSA) is 132 Å². The Morgan fingerprint density at radius 3 is 2.04 bits per heavy atom. The number of nitrogens with one attached hydrogen (secondary N) is 1. The number of primary amides is 2. The predicted molar refractivity (Wildman–Crippen MR) is 93.0 cm³/mol. The molecular weight excluding hydrogens is 349 g/mol. The van der Waals surface area contributed by atoms with Crippen LogP contribution in [0.2, 0.25) is 0 Å². The second kappa shape index (κ2) is 8.78. The maximum absolute atomic E-state index is 13.6. The van der Waals surface area contributed by atoms with Crippen LogP contribution in [0.15, 0.2) is 48.5 Å². The Morgan fingerprint density at radius 2 is 1.60 bits per heavy atom. The molecule has 134 valence electrons. The van der Waals surface area contributed by atoms with Gasteiger partial charge in [0.1, 0.15) is 0 Å². The summed E-state index contributed by atoms with van der Waals surface area (Å²) in [7, 11) is -3.58. The number of anilines is 1. The Labute approximate surface area is 144 Å². The summed E-state index contributed by atoms with van der Waals surface area (Å²) in [6.45, 7) is 1.41. The number of sulfonamides is 1. The summed E-state index contributed by atoms with van der Waals surface area (Å²) in [5.41, 5.74) is 9.82. The van der Waals surface area contributed by atoms with E-state index < -0.39 is 21.7 Å². The quantitative estimate of drug-likeness (QED) is 0.738. The largest absolute Gasteiger partial charge is 0.366 e. The molecule has 25 heavy (non-hydrogen) atoms. The van der Waals surface area contributed by atoms with Gasteiger partial charge in [0.25, 0.3) is 5.91 Å². The zero-order chi connectivity index (χ0) is 19.0. The Morgan fingerprint density at radius 1 is 1.00 bits per heavy atom. The van der Waals surface area contributed by atoms with Crippen LogP contribution >= 0.6 is 0 Å². The van der Waals surface area contributed by atoms with Crippen LogP contribution in [0.3, 0.4) is 0 Å². The van der Waals surface area contributed by atoms with Crippen LogP contribution in [-0.2, 0) is 10.0 Å². The normalized spacial score (nSPS) is 10.3. The molecular formula is C16H18FN3O4S. The van der Waals surface area contributed by atoms with E-state index in [0.29, 0.717) is 5.56 Å². The SMILES string of the molecule is CCS(=O)(=O)Nc1cccc(C(N)=O)c1F.NC(=O)c1ccccc1. The van der Waals surface area contributed by atoms with E-state index in [0.717, 1.165) is 0 Å². The Kier molecular flexibility index (Phi) is 7.06. The van der Waals surface area contributed by atoms with Crippen molar-refractivity contribution in [2.75, 3.05) is 10.5 Å². The molecule has 0 aliphatic heterocycles. The molecule has 0 heterocycles. The highest BCUT2D eigenvalue weighted by molar-refractivity contribution is 7.92. The van der Waals surface area contributed by atoms with Crippen molar-refractivity contribution < 1.29 is 22.4 Å². The maximum Gasteiger partial charge on any atom is 0.251 e. The van der Waals surface area contributed by atoms with Crippen molar-refractivity contribution in [1.29, 1.82) is 0 Å². The summed E-state index contributed by atoms with van der Waals surface area (Å²) in [6.07, 6.45) is 0. The minimum Gasteiger partial charge on any atom is -0.366 e. The van der Waals surface area contributed by atoms with Crippen LogP contribution in [0.1, 0.15) is 27.6 Å². The van der Waals surface area contributed by atoms with Crippen LogP contribution in [0, 0.1) is 5.82 Å². The van der Waals surface area contributed by atoms with Crippen molar-refractivity contribution in [3.63, 3.8) is 0 Å². The van der Waals surface area contributed by atoms with Crippen LogP contribution in [0.4, 0.5) is 10.1 Å². The van der Waals surface area contributed by atoms with Gasteiger partial charge in [0.15, 0.2) is 5.82 Å². The van der Waals surface area contributed by atoms with E-state index in [-0.39, 0.29) is 22.9 Å². The highest BCUT2D eigenvalue weighted by Gasteiger charge is 2.15. The van der Waals surface area contributed by atoms with Gasteiger partial charge in [-0.1, -0.05) is 24.3 Å². The van der Waals surface area contributed by atoms with E-state index in [9.17, 15) is 22.4 Å². The molecule has 0 atom stereocenters. The molecule has 0 aliphatic rings. The zero-order valence-corrected chi connectivity index (χ0v) is 14.2. The smallest absolute Gasteiger partial charge is 0.251 e. The molecule has 0 spiro atoms. The van der Waals surface area contributed by atoms with Gasteiger partial charge in [0.05, 0.1) is 17.0 Å². The molecule has 0 bridgehead atoms. The van der Waals surface area contributed by atoms with Gasteiger partial charge in [-0.2, -0.15) is 0 Å². The van der Waals surface area contributed by atoms with Crippen molar-refractivity contribution in [1.82, 2.24) is 0 Å². The molecule has 0 aliphatic carbocycles. The van der Waals surface area contributed by atoms with E-state index in [1.54, 1.807) is 24.3 Å². The summed E-state index contributed by atoms with van der Waals surface area (Å²) in [5, 5.41) is 0. The van der Waals surface area contributed by atoms with Gasteiger partial charge in [-0.05, 0) is 31.2 Å². The van der Waals surface area contributed by atoms with Gasteiger partial charge in [-0.3, -0.25) is 14.3 Å². The van der Waals surface area contributed by atoms with Crippen LogP contribution in [0.25, 0.3) is 0 Å². The van der Waals surface area contributed by atoms with E-state index in [4.69, 9.17) is 11.5 Å². The lowest BCUT2D eigenvalue weighted by Crippen LogP contribution is -2.18. The molecule has 5 N–H and O–H groups in total. The lowest BCUT2D eigenvalue weighted by Gasteiger charge is -2.08. The van der Waals surface area contributed by atoms with Crippen molar-refractivity contribution in [3.8, 4) is 0 Å². The highest BCUT2D eigenvalue weighted by Crippen LogP contribution is 2.18. The first-order chi connectivity index (χ1) is 11.7. The third kappa shape index (κ3) is 6.22. The highest BCUT2D eigenvalue weighted by atomic mass is 32.2. The fourth-order valence-electron chi connectivity index (χ4n) is 1.64. The number of carbonyl (C=O) groups excluding carboxylic acids is 2. The molecule has 2 aromatic rings. The first-order valence-electron chi connectivity index (χ1n) is 7.11. The Bertz CT molecular complexity index is 855. The summed E-state index contributed by atoms with van der Waals surface area (Å²) in [4.78, 5) is 21.2. The molecule has 2 aromatic carbocycles. The average molecular weight is 367 g/mol. The van der Waals surface area contributed by atoms with E-state index in [1.807, 2.05) is 10.8 Å². The van der Waals surface area contributed by atoms with Gasteiger partial charge in [0.2, 0.25) is 15.9 Å². The van der Waals surface area contributed by atoms with Gasteiger partial charge < -0.3 is 11.5 Å². The molecule has 0 fully saturated rings. The maximum atomic E-state index is 13.6. The van der Waals surface area contributed by atoms with Crippen LogP contribution in [0.5, 0.6) is 0 Å². The third-order valence-corrected chi connectivity index (χ3v) is 4.26. The monoisotopic (exact) mass is 367 g/mol. The number of nitrogens with two attached hydrogens (primary N) is 2. The van der Waals surface area contributed by atoms with Crippen molar-refractivity contribution in [2.24, 2.45) is 11.5 Å². The molecule has 0 saturated heterocycles.